The van der Waals surface area contributed by atoms with Crippen molar-refractivity contribution in [1.29, 1.82) is 0 Å². The van der Waals surface area contributed by atoms with Gasteiger partial charge < -0.3 is 15.0 Å². The minimum absolute atomic E-state index is 0.203. The van der Waals surface area contributed by atoms with Gasteiger partial charge in [0.05, 0.1) is 23.3 Å². The van der Waals surface area contributed by atoms with Gasteiger partial charge in [0.15, 0.2) is 6.61 Å². The zero-order chi connectivity index (χ0) is 18.8. The molecule has 2 heterocycles. The molecule has 2 aliphatic rings. The van der Waals surface area contributed by atoms with Crippen LogP contribution in [0.3, 0.4) is 0 Å². The third kappa shape index (κ3) is 4.08. The Morgan fingerprint density at radius 1 is 1.11 bits per heavy atom. The summed E-state index contributed by atoms with van der Waals surface area (Å²) in [4.78, 5) is 38.2. The van der Waals surface area contributed by atoms with E-state index in [1.54, 1.807) is 12.1 Å². The molecule has 2 amide bonds. The number of esters is 1. The Hall–Kier alpha value is -2.55. The van der Waals surface area contributed by atoms with Gasteiger partial charge >= 0.3 is 5.97 Å². The first kappa shape index (κ1) is 17.8. The van der Waals surface area contributed by atoms with Crippen molar-refractivity contribution in [2.24, 2.45) is 11.8 Å². The van der Waals surface area contributed by atoms with Crippen molar-refractivity contribution < 1.29 is 19.1 Å². The number of carbonyl (C=O) groups is 3. The molecule has 142 valence electrons. The summed E-state index contributed by atoms with van der Waals surface area (Å²) in [6, 6.07) is 5.33. The minimum Gasteiger partial charge on any atom is -0.455 e. The van der Waals surface area contributed by atoms with Crippen LogP contribution in [0.4, 0.5) is 5.69 Å². The normalized spacial score (nSPS) is 17.7. The predicted molar refractivity (Wildman–Crippen MR) is 99.0 cm³/mol. The molecule has 1 aliphatic heterocycles. The number of rotatable bonds is 5. The highest BCUT2D eigenvalue weighted by atomic mass is 32.1. The molecule has 0 bridgehead atoms. The minimum atomic E-state index is -0.412. The second-order valence-corrected chi connectivity index (χ2v) is 7.50. The average Bonchev–Trinajstić information content (AvgIpc) is 3.42. The van der Waals surface area contributed by atoms with Crippen molar-refractivity contribution in [3.63, 3.8) is 0 Å². The summed E-state index contributed by atoms with van der Waals surface area (Å²) in [6.45, 7) is 0.828. The molecule has 27 heavy (non-hydrogen) atoms. The zero-order valence-electron chi connectivity index (χ0n) is 14.7. The summed E-state index contributed by atoms with van der Waals surface area (Å²) in [7, 11) is 0. The fraction of sp³-hybridized carbons (Fsp3) is 0.500. The number of amides is 2. The van der Waals surface area contributed by atoms with E-state index in [1.807, 2.05) is 11.0 Å². The zero-order valence-corrected chi connectivity index (χ0v) is 15.5. The number of nitrogens with one attached hydrogen (secondary N) is 1. The summed E-state index contributed by atoms with van der Waals surface area (Å²) >= 11 is 1.07. The van der Waals surface area contributed by atoms with Crippen molar-refractivity contribution in [2.75, 3.05) is 25.0 Å². The Bertz CT molecular complexity index is 871. The van der Waals surface area contributed by atoms with Crippen LogP contribution in [0.2, 0.25) is 0 Å². The molecule has 1 N–H and O–H groups in total. The van der Waals surface area contributed by atoms with E-state index < -0.39 is 5.91 Å². The maximum absolute atomic E-state index is 12.2. The van der Waals surface area contributed by atoms with Crippen LogP contribution in [0.15, 0.2) is 18.2 Å². The number of aromatic nitrogens is 2. The van der Waals surface area contributed by atoms with Crippen molar-refractivity contribution in [3.05, 3.63) is 18.2 Å². The molecule has 4 rings (SSSR count). The number of benzene rings is 1. The lowest BCUT2D eigenvalue weighted by molar-refractivity contribution is -0.154. The highest BCUT2D eigenvalue weighted by Gasteiger charge is 2.36. The van der Waals surface area contributed by atoms with Gasteiger partial charge in [-0.05, 0) is 37.8 Å². The summed E-state index contributed by atoms with van der Waals surface area (Å²) in [6.07, 6.45) is 3.15. The van der Waals surface area contributed by atoms with E-state index in [1.165, 1.54) is 0 Å². The Morgan fingerprint density at radius 2 is 1.89 bits per heavy atom. The number of hydrogen-bond acceptors (Lipinski definition) is 7. The van der Waals surface area contributed by atoms with Gasteiger partial charge in [0.25, 0.3) is 5.91 Å². The van der Waals surface area contributed by atoms with Crippen LogP contribution in [0.1, 0.15) is 25.7 Å². The molecular formula is C18H20N4O4S. The Morgan fingerprint density at radius 3 is 2.63 bits per heavy atom. The largest absolute Gasteiger partial charge is 0.455 e. The van der Waals surface area contributed by atoms with E-state index in [4.69, 9.17) is 4.74 Å². The van der Waals surface area contributed by atoms with Crippen LogP contribution in [-0.2, 0) is 19.1 Å². The second-order valence-electron chi connectivity index (χ2n) is 6.97. The van der Waals surface area contributed by atoms with Gasteiger partial charge in [0.1, 0.15) is 11.0 Å². The summed E-state index contributed by atoms with van der Waals surface area (Å²) in [5.41, 5.74) is 1.88. The lowest BCUT2D eigenvalue weighted by Crippen LogP contribution is -2.41. The number of likely N-dealkylation sites (tertiary alicyclic amines) is 1. The molecule has 1 saturated carbocycles. The second kappa shape index (κ2) is 7.59. The number of fused-ring (bicyclic) bond motifs is 1. The van der Waals surface area contributed by atoms with Gasteiger partial charge in [-0.2, -0.15) is 8.75 Å². The molecule has 0 atom stereocenters. The van der Waals surface area contributed by atoms with Crippen LogP contribution in [0.5, 0.6) is 0 Å². The van der Waals surface area contributed by atoms with E-state index in [0.717, 1.165) is 24.6 Å². The third-order valence-corrected chi connectivity index (χ3v) is 5.51. The maximum atomic E-state index is 12.2. The van der Waals surface area contributed by atoms with Gasteiger partial charge in [-0.15, -0.1) is 0 Å². The highest BCUT2D eigenvalue weighted by molar-refractivity contribution is 7.00. The predicted octanol–water partition coefficient (Wildman–Crippen LogP) is 1.82. The molecule has 2 aromatic rings. The van der Waals surface area contributed by atoms with Crippen LogP contribution >= 0.6 is 11.7 Å². The van der Waals surface area contributed by atoms with Gasteiger partial charge in [0.2, 0.25) is 5.91 Å². The summed E-state index contributed by atoms with van der Waals surface area (Å²) < 4.78 is 13.5. The van der Waals surface area contributed by atoms with Crippen LogP contribution in [0, 0.1) is 11.8 Å². The van der Waals surface area contributed by atoms with E-state index >= 15 is 0 Å². The molecule has 9 heteroatoms. The van der Waals surface area contributed by atoms with E-state index in [2.05, 4.69) is 14.1 Å². The molecule has 1 saturated heterocycles. The first-order valence-corrected chi connectivity index (χ1v) is 9.81. The van der Waals surface area contributed by atoms with E-state index in [0.29, 0.717) is 42.7 Å². The van der Waals surface area contributed by atoms with Crippen LogP contribution < -0.4 is 5.32 Å². The first-order valence-electron chi connectivity index (χ1n) is 9.08. The van der Waals surface area contributed by atoms with Crippen molar-refractivity contribution >= 4 is 46.2 Å². The SMILES string of the molecule is O=C(COC(=O)C1CCN(C(=O)C2CC2)CC1)Nc1cccc2nsnc12. The molecule has 1 aromatic carbocycles. The fourth-order valence-electron chi connectivity index (χ4n) is 3.27. The summed E-state index contributed by atoms with van der Waals surface area (Å²) in [5, 5.41) is 2.71. The average molecular weight is 388 g/mol. The smallest absolute Gasteiger partial charge is 0.309 e. The van der Waals surface area contributed by atoms with Crippen molar-refractivity contribution in [3.8, 4) is 0 Å². The lowest BCUT2D eigenvalue weighted by Gasteiger charge is -2.31. The first-order chi connectivity index (χ1) is 13.1. The van der Waals surface area contributed by atoms with Gasteiger partial charge in [0, 0.05) is 19.0 Å². The molecule has 1 aromatic heterocycles. The maximum Gasteiger partial charge on any atom is 0.309 e. The standard InChI is InChI=1S/C18H20N4O4S/c23-15(19-13-2-1-3-14-16(13)21-27-20-14)10-26-18(25)12-6-8-22(9-7-12)17(24)11-4-5-11/h1-3,11-12H,4-10H2,(H,19,23). The molecule has 8 nitrogen and oxygen atoms in total. The number of ether oxygens (including phenoxy) is 1. The monoisotopic (exact) mass is 388 g/mol. The number of piperidine rings is 1. The quantitative estimate of drug-likeness (QED) is 0.784. The Balaban J connectivity index is 1.24. The van der Waals surface area contributed by atoms with Gasteiger partial charge in [-0.25, -0.2) is 0 Å². The Labute approximate surface area is 160 Å². The number of carbonyl (C=O) groups excluding carboxylic acids is 3. The summed E-state index contributed by atoms with van der Waals surface area (Å²) in [5.74, 6) is -0.629. The highest BCUT2D eigenvalue weighted by Crippen LogP contribution is 2.32. The third-order valence-electron chi connectivity index (χ3n) is 4.97. The van der Waals surface area contributed by atoms with E-state index in [9.17, 15) is 14.4 Å². The molecule has 0 radical (unpaired) electrons. The molecule has 1 aliphatic carbocycles. The molecular weight excluding hydrogens is 368 g/mol. The van der Waals surface area contributed by atoms with Gasteiger partial charge in [-0.1, -0.05) is 6.07 Å². The van der Waals surface area contributed by atoms with Crippen molar-refractivity contribution in [2.45, 2.75) is 25.7 Å². The lowest BCUT2D eigenvalue weighted by atomic mass is 9.97. The fourth-order valence-corrected chi connectivity index (χ4v) is 3.82. The Kier molecular flexibility index (Phi) is 5.02. The topological polar surface area (TPSA) is 101 Å². The molecule has 0 spiro atoms. The molecule has 2 fully saturated rings. The van der Waals surface area contributed by atoms with E-state index in [-0.39, 0.29) is 30.3 Å². The number of nitrogens with zero attached hydrogens (tertiary/aromatic N) is 3. The van der Waals surface area contributed by atoms with Crippen LogP contribution in [0.25, 0.3) is 11.0 Å². The van der Waals surface area contributed by atoms with Crippen LogP contribution in [-0.4, -0.2) is 51.1 Å². The van der Waals surface area contributed by atoms with Crippen molar-refractivity contribution in [1.82, 2.24) is 13.6 Å². The van der Waals surface area contributed by atoms with Gasteiger partial charge in [-0.3, -0.25) is 14.4 Å². The number of anilines is 1. The molecule has 0 unspecified atom stereocenters. The number of hydrogen-bond donors (Lipinski definition) is 1.